The lowest BCUT2D eigenvalue weighted by atomic mass is 10.0. The minimum Gasteiger partial charge on any atom is -0.481 e. The maximum Gasteiger partial charge on any atom is 0.303 e. The normalized spacial score (nSPS) is 22.3. The van der Waals surface area contributed by atoms with Crippen molar-refractivity contribution < 1.29 is 14.7 Å². The van der Waals surface area contributed by atoms with Crippen molar-refractivity contribution in [2.75, 3.05) is 26.2 Å². The number of aromatic nitrogens is 3. The van der Waals surface area contributed by atoms with Crippen LogP contribution in [0, 0.1) is 5.92 Å². The van der Waals surface area contributed by atoms with Gasteiger partial charge in [-0.25, -0.2) is 4.68 Å². The summed E-state index contributed by atoms with van der Waals surface area (Å²) in [7, 11) is 0. The smallest absolute Gasteiger partial charge is 0.303 e. The fourth-order valence-corrected chi connectivity index (χ4v) is 2.76. The summed E-state index contributed by atoms with van der Waals surface area (Å²) in [5.41, 5.74) is 0.376. The summed E-state index contributed by atoms with van der Waals surface area (Å²) in [6.07, 6.45) is 3.36. The molecule has 0 bridgehead atoms. The van der Waals surface area contributed by atoms with Crippen molar-refractivity contribution in [3.05, 3.63) is 11.9 Å². The van der Waals surface area contributed by atoms with E-state index in [0.29, 0.717) is 31.2 Å². The Morgan fingerprint density at radius 2 is 2.24 bits per heavy atom. The number of carbonyl (C=O) groups excluding carboxylic acids is 1. The van der Waals surface area contributed by atoms with Gasteiger partial charge in [0.25, 0.3) is 5.91 Å². The van der Waals surface area contributed by atoms with Gasteiger partial charge in [0, 0.05) is 32.6 Å². The summed E-state index contributed by atoms with van der Waals surface area (Å²) in [5, 5.41) is 19.8. The van der Waals surface area contributed by atoms with E-state index in [1.807, 2.05) is 0 Å². The van der Waals surface area contributed by atoms with Crippen LogP contribution in [0.2, 0.25) is 0 Å². The van der Waals surface area contributed by atoms with Crippen LogP contribution < -0.4 is 5.32 Å². The van der Waals surface area contributed by atoms with E-state index in [1.165, 1.54) is 0 Å². The largest absolute Gasteiger partial charge is 0.481 e. The molecule has 114 valence electrons. The van der Waals surface area contributed by atoms with Crippen LogP contribution in [0.3, 0.4) is 0 Å². The van der Waals surface area contributed by atoms with Crippen LogP contribution in [0.5, 0.6) is 0 Å². The van der Waals surface area contributed by atoms with Crippen LogP contribution in [0.15, 0.2) is 6.20 Å². The van der Waals surface area contributed by atoms with Crippen LogP contribution in [-0.2, 0) is 4.79 Å². The van der Waals surface area contributed by atoms with Crippen LogP contribution in [0.4, 0.5) is 0 Å². The number of amides is 1. The third kappa shape index (κ3) is 3.05. The fraction of sp³-hybridized carbons (Fsp3) is 0.692. The minimum atomic E-state index is -0.781. The number of hydrogen-bond acceptors (Lipinski definition) is 5. The first-order valence-corrected chi connectivity index (χ1v) is 7.27. The molecular formula is C13H19N5O3. The summed E-state index contributed by atoms with van der Waals surface area (Å²) >= 11 is 0. The minimum absolute atomic E-state index is 0.105. The van der Waals surface area contributed by atoms with Gasteiger partial charge in [-0.05, 0) is 18.8 Å². The second-order valence-corrected chi connectivity index (χ2v) is 5.73. The molecule has 0 radical (unpaired) electrons. The number of rotatable bonds is 5. The van der Waals surface area contributed by atoms with Crippen molar-refractivity contribution >= 4 is 11.9 Å². The van der Waals surface area contributed by atoms with Gasteiger partial charge in [-0.1, -0.05) is 5.21 Å². The maximum atomic E-state index is 12.4. The zero-order chi connectivity index (χ0) is 14.8. The predicted octanol–water partition coefficient (Wildman–Crippen LogP) is -0.251. The lowest BCUT2D eigenvalue weighted by Crippen LogP contribution is -2.43. The van der Waals surface area contributed by atoms with E-state index in [1.54, 1.807) is 15.8 Å². The molecule has 1 atom stereocenters. The Hall–Kier alpha value is -1.96. The summed E-state index contributed by atoms with van der Waals surface area (Å²) in [5.74, 6) is -0.612. The third-order valence-electron chi connectivity index (χ3n) is 4.20. The average Bonchev–Trinajstić information content (AvgIpc) is 3.02. The van der Waals surface area contributed by atoms with Crippen molar-refractivity contribution in [3.63, 3.8) is 0 Å². The topological polar surface area (TPSA) is 100 Å². The predicted molar refractivity (Wildman–Crippen MR) is 72.8 cm³/mol. The summed E-state index contributed by atoms with van der Waals surface area (Å²) in [4.78, 5) is 24.7. The molecule has 2 aliphatic rings. The fourth-order valence-electron chi connectivity index (χ4n) is 2.76. The van der Waals surface area contributed by atoms with E-state index in [9.17, 15) is 9.59 Å². The van der Waals surface area contributed by atoms with Gasteiger partial charge >= 0.3 is 5.97 Å². The number of nitrogens with zero attached hydrogens (tertiary/aromatic N) is 4. The maximum absolute atomic E-state index is 12.4. The Bertz CT molecular complexity index is 540. The van der Waals surface area contributed by atoms with Gasteiger partial charge in [0.1, 0.15) is 0 Å². The Balaban J connectivity index is 1.55. The van der Waals surface area contributed by atoms with Crippen LogP contribution >= 0.6 is 0 Å². The molecule has 0 aromatic carbocycles. The number of hydrogen-bond donors (Lipinski definition) is 2. The highest BCUT2D eigenvalue weighted by Crippen LogP contribution is 2.22. The molecule has 2 aliphatic heterocycles. The second kappa shape index (κ2) is 5.80. The average molecular weight is 293 g/mol. The highest BCUT2D eigenvalue weighted by molar-refractivity contribution is 5.92. The molecule has 2 saturated heterocycles. The van der Waals surface area contributed by atoms with E-state index in [0.717, 1.165) is 19.5 Å². The molecule has 1 aromatic rings. The van der Waals surface area contributed by atoms with Crippen molar-refractivity contribution in [1.82, 2.24) is 25.2 Å². The molecule has 0 spiro atoms. The SMILES string of the molecule is O=C(O)CCC1CCN(C(=O)c2cn(C3CNC3)nn2)C1. The van der Waals surface area contributed by atoms with E-state index >= 15 is 0 Å². The Morgan fingerprint density at radius 1 is 1.43 bits per heavy atom. The number of carboxylic acids is 1. The first kappa shape index (κ1) is 14.0. The van der Waals surface area contributed by atoms with Crippen LogP contribution in [-0.4, -0.2) is 63.1 Å². The van der Waals surface area contributed by atoms with Gasteiger partial charge in [-0.3, -0.25) is 9.59 Å². The summed E-state index contributed by atoms with van der Waals surface area (Å²) in [6.45, 7) is 3.00. The molecule has 0 aliphatic carbocycles. The Kier molecular flexibility index (Phi) is 3.87. The molecule has 3 rings (SSSR count). The number of nitrogens with one attached hydrogen (secondary N) is 1. The number of aliphatic carboxylic acids is 1. The highest BCUT2D eigenvalue weighted by atomic mass is 16.4. The lowest BCUT2D eigenvalue weighted by Gasteiger charge is -2.26. The van der Waals surface area contributed by atoms with Crippen LogP contribution in [0.25, 0.3) is 0 Å². The van der Waals surface area contributed by atoms with E-state index < -0.39 is 5.97 Å². The van der Waals surface area contributed by atoms with E-state index in [4.69, 9.17) is 5.11 Å². The molecular weight excluding hydrogens is 274 g/mol. The van der Waals surface area contributed by atoms with Gasteiger partial charge in [-0.15, -0.1) is 5.10 Å². The zero-order valence-electron chi connectivity index (χ0n) is 11.7. The molecule has 2 fully saturated rings. The van der Waals surface area contributed by atoms with E-state index in [2.05, 4.69) is 15.6 Å². The van der Waals surface area contributed by atoms with Crippen molar-refractivity contribution in [3.8, 4) is 0 Å². The number of likely N-dealkylation sites (tertiary alicyclic amines) is 1. The Morgan fingerprint density at radius 3 is 2.90 bits per heavy atom. The number of carboxylic acid groups (broad SMARTS) is 1. The van der Waals surface area contributed by atoms with Crippen molar-refractivity contribution in [1.29, 1.82) is 0 Å². The molecule has 21 heavy (non-hydrogen) atoms. The number of carbonyl (C=O) groups is 2. The molecule has 1 unspecified atom stereocenters. The molecule has 1 amide bonds. The highest BCUT2D eigenvalue weighted by Gasteiger charge is 2.29. The second-order valence-electron chi connectivity index (χ2n) is 5.73. The third-order valence-corrected chi connectivity index (χ3v) is 4.20. The summed E-state index contributed by atoms with van der Waals surface area (Å²) < 4.78 is 1.74. The molecule has 2 N–H and O–H groups in total. The molecule has 8 nitrogen and oxygen atoms in total. The van der Waals surface area contributed by atoms with Gasteiger partial charge in [0.15, 0.2) is 5.69 Å². The molecule has 1 aromatic heterocycles. The zero-order valence-corrected chi connectivity index (χ0v) is 11.7. The van der Waals surface area contributed by atoms with E-state index in [-0.39, 0.29) is 18.2 Å². The van der Waals surface area contributed by atoms with Crippen molar-refractivity contribution in [2.24, 2.45) is 5.92 Å². The Labute approximate surface area is 122 Å². The van der Waals surface area contributed by atoms with Crippen LogP contribution in [0.1, 0.15) is 35.8 Å². The summed E-state index contributed by atoms with van der Waals surface area (Å²) in [6, 6.07) is 0.293. The monoisotopic (exact) mass is 293 g/mol. The van der Waals surface area contributed by atoms with Gasteiger partial charge in [0.2, 0.25) is 0 Å². The first-order valence-electron chi connectivity index (χ1n) is 7.27. The molecule has 8 heteroatoms. The quantitative estimate of drug-likeness (QED) is 0.776. The van der Waals surface area contributed by atoms with Gasteiger partial charge < -0.3 is 15.3 Å². The molecule has 3 heterocycles. The van der Waals surface area contributed by atoms with Crippen molar-refractivity contribution in [2.45, 2.75) is 25.3 Å². The van der Waals surface area contributed by atoms with Gasteiger partial charge in [0.05, 0.1) is 12.2 Å². The lowest BCUT2D eigenvalue weighted by molar-refractivity contribution is -0.137. The first-order chi connectivity index (χ1) is 10.1. The van der Waals surface area contributed by atoms with Gasteiger partial charge in [-0.2, -0.15) is 0 Å². The standard InChI is InChI=1S/C13H19N5O3/c19-12(20)2-1-9-3-4-17(7-9)13(21)11-8-18(16-15-11)10-5-14-6-10/h8-10,14H,1-7H2,(H,19,20). The molecule has 0 saturated carbocycles.